The molecule has 11 heteroatoms. The first-order valence-electron chi connectivity index (χ1n) is 8.09. The zero-order valence-electron chi connectivity index (χ0n) is 14.6. The van der Waals surface area contributed by atoms with E-state index in [-0.39, 0.29) is 16.1 Å². The van der Waals surface area contributed by atoms with Crippen LogP contribution in [0.4, 0.5) is 17.2 Å². The molecule has 29 heavy (non-hydrogen) atoms. The number of carbonyl (C=O) groups excluding carboxylic acids is 1. The number of aromatic hydroxyl groups is 1. The molecule has 10 nitrogen and oxygen atoms in total. The van der Waals surface area contributed by atoms with Gasteiger partial charge in [0.1, 0.15) is 5.82 Å². The van der Waals surface area contributed by atoms with Crippen LogP contribution < -0.4 is 10.0 Å². The molecular weight excluding hydrogens is 400 g/mol. The molecule has 0 unspecified atom stereocenters. The van der Waals surface area contributed by atoms with E-state index in [1.165, 1.54) is 30.5 Å². The number of nitrogens with zero attached hydrogens (tertiary/aromatic N) is 2. The number of nitrogens with one attached hydrogen (secondary N) is 2. The Kier molecular flexibility index (Phi) is 5.41. The fraction of sp³-hybridized carbons (Fsp3) is 0. The number of sulfonamides is 1. The zero-order chi connectivity index (χ0) is 21.0. The van der Waals surface area contributed by atoms with Gasteiger partial charge in [-0.25, -0.2) is 13.4 Å². The summed E-state index contributed by atoms with van der Waals surface area (Å²) in [6.45, 7) is 0. The number of aromatic nitrogens is 1. The molecular formula is C18H14N4O6S. The van der Waals surface area contributed by atoms with Crippen LogP contribution in [-0.2, 0) is 10.0 Å². The molecule has 0 aliphatic carbocycles. The van der Waals surface area contributed by atoms with Gasteiger partial charge in [0.25, 0.3) is 15.9 Å². The van der Waals surface area contributed by atoms with Crippen LogP contribution >= 0.6 is 0 Å². The molecule has 0 saturated carbocycles. The maximum absolute atomic E-state index is 12.4. The summed E-state index contributed by atoms with van der Waals surface area (Å²) < 4.78 is 27.1. The predicted octanol–water partition coefficient (Wildman–Crippen LogP) is 2.75. The van der Waals surface area contributed by atoms with Gasteiger partial charge in [-0.3, -0.25) is 19.6 Å². The molecule has 0 aliphatic rings. The van der Waals surface area contributed by atoms with Crippen LogP contribution in [-0.4, -0.2) is 29.3 Å². The Labute approximate surface area is 165 Å². The quantitative estimate of drug-likeness (QED) is 0.414. The largest absolute Gasteiger partial charge is 0.502 e. The van der Waals surface area contributed by atoms with Crippen LogP contribution in [0.3, 0.4) is 0 Å². The van der Waals surface area contributed by atoms with E-state index in [9.17, 15) is 28.4 Å². The number of anilines is 2. The molecule has 1 heterocycles. The second-order valence-corrected chi connectivity index (χ2v) is 7.44. The Morgan fingerprint density at radius 2 is 1.79 bits per heavy atom. The number of benzene rings is 2. The van der Waals surface area contributed by atoms with Crippen LogP contribution in [0.5, 0.6) is 5.75 Å². The average Bonchev–Trinajstić information content (AvgIpc) is 2.69. The summed E-state index contributed by atoms with van der Waals surface area (Å²) in [5, 5.41) is 22.9. The van der Waals surface area contributed by atoms with Gasteiger partial charge in [-0.1, -0.05) is 6.07 Å². The van der Waals surface area contributed by atoms with Crippen LogP contribution in [0.15, 0.2) is 71.8 Å². The van der Waals surface area contributed by atoms with Crippen molar-refractivity contribution < 1.29 is 23.2 Å². The van der Waals surface area contributed by atoms with E-state index < -0.39 is 32.3 Å². The van der Waals surface area contributed by atoms with Crippen molar-refractivity contribution >= 4 is 33.1 Å². The van der Waals surface area contributed by atoms with Crippen molar-refractivity contribution in [3.63, 3.8) is 0 Å². The maximum atomic E-state index is 12.4. The van der Waals surface area contributed by atoms with Gasteiger partial charge in [0, 0.05) is 23.5 Å². The Morgan fingerprint density at radius 1 is 1.07 bits per heavy atom. The summed E-state index contributed by atoms with van der Waals surface area (Å²) in [6.07, 6.45) is 1.53. The molecule has 1 amide bonds. The van der Waals surface area contributed by atoms with Gasteiger partial charge in [-0.2, -0.15) is 0 Å². The van der Waals surface area contributed by atoms with E-state index in [1.54, 1.807) is 18.2 Å². The first kappa shape index (κ1) is 19.8. The Bertz CT molecular complexity index is 1160. The fourth-order valence-electron chi connectivity index (χ4n) is 2.35. The molecule has 1 aromatic heterocycles. The highest BCUT2D eigenvalue weighted by Crippen LogP contribution is 2.29. The van der Waals surface area contributed by atoms with Crippen LogP contribution in [0, 0.1) is 10.1 Å². The van der Waals surface area contributed by atoms with E-state index in [2.05, 4.69) is 15.0 Å². The number of nitro groups is 1. The summed E-state index contributed by atoms with van der Waals surface area (Å²) in [5.41, 5.74) is -0.302. The lowest BCUT2D eigenvalue weighted by atomic mass is 10.2. The fourth-order valence-corrected chi connectivity index (χ4v) is 3.42. The van der Waals surface area contributed by atoms with Crippen molar-refractivity contribution in [3.8, 4) is 5.75 Å². The molecule has 3 N–H and O–H groups in total. The van der Waals surface area contributed by atoms with Gasteiger partial charge in [0.15, 0.2) is 5.75 Å². The Hall–Kier alpha value is -3.99. The smallest absolute Gasteiger partial charge is 0.312 e. The summed E-state index contributed by atoms with van der Waals surface area (Å²) in [5.74, 6) is -0.694. The first-order valence-corrected chi connectivity index (χ1v) is 9.57. The minimum Gasteiger partial charge on any atom is -0.502 e. The maximum Gasteiger partial charge on any atom is 0.312 e. The number of hydrogen-bond acceptors (Lipinski definition) is 7. The number of phenolic OH excluding ortho intramolecular Hbond substituents is 1. The van der Waals surface area contributed by atoms with Gasteiger partial charge in [-0.15, -0.1) is 0 Å². The van der Waals surface area contributed by atoms with E-state index >= 15 is 0 Å². The normalized spacial score (nSPS) is 10.9. The van der Waals surface area contributed by atoms with Gasteiger partial charge in [-0.05, 0) is 48.5 Å². The molecule has 0 atom stereocenters. The van der Waals surface area contributed by atoms with E-state index in [4.69, 9.17) is 0 Å². The molecule has 148 valence electrons. The second kappa shape index (κ2) is 7.94. The molecule has 0 spiro atoms. The summed E-state index contributed by atoms with van der Waals surface area (Å²) in [6, 6.07) is 13.3. The molecule has 0 radical (unpaired) electrons. The number of pyridine rings is 1. The predicted molar refractivity (Wildman–Crippen MR) is 104 cm³/mol. The third-order valence-electron chi connectivity index (χ3n) is 3.76. The van der Waals surface area contributed by atoms with Crippen LogP contribution in [0.25, 0.3) is 0 Å². The number of nitro benzene ring substituents is 1. The van der Waals surface area contributed by atoms with Gasteiger partial charge in [0.2, 0.25) is 0 Å². The van der Waals surface area contributed by atoms with E-state index in [0.29, 0.717) is 5.82 Å². The molecule has 0 bridgehead atoms. The minimum absolute atomic E-state index is 0.148. The molecule has 3 rings (SSSR count). The monoisotopic (exact) mass is 414 g/mol. The second-order valence-electron chi connectivity index (χ2n) is 5.76. The lowest BCUT2D eigenvalue weighted by Gasteiger charge is -2.09. The average molecular weight is 414 g/mol. The Morgan fingerprint density at radius 3 is 2.41 bits per heavy atom. The van der Waals surface area contributed by atoms with Crippen molar-refractivity contribution in [1.82, 2.24) is 4.98 Å². The third-order valence-corrected chi connectivity index (χ3v) is 5.14. The third kappa shape index (κ3) is 4.65. The van der Waals surface area contributed by atoms with Crippen molar-refractivity contribution in [2.45, 2.75) is 4.90 Å². The summed E-state index contributed by atoms with van der Waals surface area (Å²) >= 11 is 0. The molecule has 3 aromatic rings. The summed E-state index contributed by atoms with van der Waals surface area (Å²) in [7, 11) is -4.14. The molecule has 0 aliphatic heterocycles. The van der Waals surface area contributed by atoms with Crippen LogP contribution in [0.1, 0.15) is 10.4 Å². The topological polar surface area (TPSA) is 152 Å². The Balaban J connectivity index is 1.76. The lowest BCUT2D eigenvalue weighted by Crippen LogP contribution is -2.14. The SMILES string of the molecule is O=C(Nc1ccccn1)c1ccc(NS(=O)(=O)c2ccc(O)c([N+](=O)[O-])c2)cc1. The highest BCUT2D eigenvalue weighted by Gasteiger charge is 2.21. The highest BCUT2D eigenvalue weighted by atomic mass is 32.2. The van der Waals surface area contributed by atoms with Crippen molar-refractivity contribution in [2.75, 3.05) is 10.0 Å². The van der Waals surface area contributed by atoms with E-state index in [0.717, 1.165) is 18.2 Å². The number of phenols is 1. The zero-order valence-corrected chi connectivity index (χ0v) is 15.5. The van der Waals surface area contributed by atoms with Crippen molar-refractivity contribution in [1.29, 1.82) is 0 Å². The number of amides is 1. The molecule has 2 aromatic carbocycles. The summed E-state index contributed by atoms with van der Waals surface area (Å²) in [4.78, 5) is 25.8. The number of hydrogen-bond donors (Lipinski definition) is 3. The standard InChI is InChI=1S/C18H14N4O6S/c23-16-9-8-14(11-15(16)22(25)26)29(27,28)21-13-6-4-12(5-7-13)18(24)20-17-3-1-2-10-19-17/h1-11,21,23H,(H,19,20,24). The van der Waals surface area contributed by atoms with E-state index in [1.807, 2.05) is 0 Å². The van der Waals surface area contributed by atoms with Gasteiger partial charge < -0.3 is 10.4 Å². The van der Waals surface area contributed by atoms with Gasteiger partial charge >= 0.3 is 5.69 Å². The molecule has 0 saturated heterocycles. The van der Waals surface area contributed by atoms with Crippen molar-refractivity contribution in [2.24, 2.45) is 0 Å². The molecule has 0 fully saturated rings. The van der Waals surface area contributed by atoms with Crippen molar-refractivity contribution in [3.05, 3.63) is 82.5 Å². The minimum atomic E-state index is -4.14. The number of rotatable bonds is 6. The van der Waals surface area contributed by atoms with Crippen LogP contribution in [0.2, 0.25) is 0 Å². The number of carbonyl (C=O) groups is 1. The van der Waals surface area contributed by atoms with Gasteiger partial charge in [0.05, 0.1) is 9.82 Å². The first-order chi connectivity index (χ1) is 13.8. The lowest BCUT2D eigenvalue weighted by molar-refractivity contribution is -0.386. The highest BCUT2D eigenvalue weighted by molar-refractivity contribution is 7.92.